The quantitative estimate of drug-likeness (QED) is 0.740. The summed E-state index contributed by atoms with van der Waals surface area (Å²) in [5.41, 5.74) is 6.67. The summed E-state index contributed by atoms with van der Waals surface area (Å²) in [6.07, 6.45) is 0. The SMILES string of the molecule is Cc1cc(O)cc(C)c1[C@H](N)C(F)(F)CO. The third-order valence-corrected chi connectivity index (χ3v) is 2.56. The van der Waals surface area contributed by atoms with Crippen molar-refractivity contribution in [2.75, 3.05) is 6.61 Å². The number of benzene rings is 1. The number of phenolic OH excluding ortho intramolecular Hbond substituents is 1. The predicted molar refractivity (Wildman–Crippen MR) is 56.5 cm³/mol. The van der Waals surface area contributed by atoms with Gasteiger partial charge >= 0.3 is 0 Å². The molecular weight excluding hydrogens is 216 g/mol. The third kappa shape index (κ3) is 2.31. The second kappa shape index (κ2) is 4.35. The van der Waals surface area contributed by atoms with Gasteiger partial charge in [0.15, 0.2) is 0 Å². The Morgan fingerprint density at radius 1 is 1.31 bits per heavy atom. The molecule has 0 aliphatic carbocycles. The molecule has 0 aromatic heterocycles. The van der Waals surface area contributed by atoms with Gasteiger partial charge in [0.05, 0.1) is 6.04 Å². The summed E-state index contributed by atoms with van der Waals surface area (Å²) in [5.74, 6) is -3.36. The van der Waals surface area contributed by atoms with Crippen molar-refractivity contribution >= 4 is 0 Å². The first-order valence-electron chi connectivity index (χ1n) is 4.84. The van der Waals surface area contributed by atoms with Crippen molar-refractivity contribution in [3.8, 4) is 5.75 Å². The number of phenols is 1. The fourth-order valence-electron chi connectivity index (χ4n) is 1.75. The normalized spacial score (nSPS) is 13.9. The maximum Gasteiger partial charge on any atom is 0.289 e. The molecule has 5 heteroatoms. The van der Waals surface area contributed by atoms with Gasteiger partial charge in [0.2, 0.25) is 0 Å². The number of aryl methyl sites for hydroxylation is 2. The van der Waals surface area contributed by atoms with Gasteiger partial charge < -0.3 is 15.9 Å². The monoisotopic (exact) mass is 231 g/mol. The van der Waals surface area contributed by atoms with Crippen LogP contribution in [0.25, 0.3) is 0 Å². The summed E-state index contributed by atoms with van der Waals surface area (Å²) < 4.78 is 26.5. The van der Waals surface area contributed by atoms with Gasteiger partial charge in [-0.3, -0.25) is 0 Å². The van der Waals surface area contributed by atoms with Crippen LogP contribution >= 0.6 is 0 Å². The molecule has 0 heterocycles. The second-order valence-electron chi connectivity index (χ2n) is 3.89. The van der Waals surface area contributed by atoms with Gasteiger partial charge in [0.1, 0.15) is 12.4 Å². The van der Waals surface area contributed by atoms with E-state index in [1.807, 2.05) is 0 Å². The minimum Gasteiger partial charge on any atom is -0.508 e. The van der Waals surface area contributed by atoms with E-state index in [0.29, 0.717) is 11.1 Å². The number of rotatable bonds is 3. The number of alkyl halides is 2. The Hall–Kier alpha value is -1.20. The summed E-state index contributed by atoms with van der Waals surface area (Å²) >= 11 is 0. The first kappa shape index (κ1) is 12.9. The molecule has 1 rings (SSSR count). The minimum atomic E-state index is -3.37. The van der Waals surface area contributed by atoms with Gasteiger partial charge in [-0.2, -0.15) is 0 Å². The number of halogens is 2. The van der Waals surface area contributed by atoms with Crippen LogP contribution in [-0.2, 0) is 0 Å². The molecule has 0 saturated carbocycles. The van der Waals surface area contributed by atoms with Crippen LogP contribution in [0.3, 0.4) is 0 Å². The number of aliphatic hydroxyl groups excluding tert-OH is 1. The molecule has 0 fully saturated rings. The van der Waals surface area contributed by atoms with Crippen LogP contribution in [0.1, 0.15) is 22.7 Å². The average molecular weight is 231 g/mol. The first-order valence-corrected chi connectivity index (χ1v) is 4.84. The van der Waals surface area contributed by atoms with Crippen molar-refractivity contribution in [3.63, 3.8) is 0 Å². The summed E-state index contributed by atoms with van der Waals surface area (Å²) in [5, 5.41) is 17.9. The van der Waals surface area contributed by atoms with E-state index < -0.39 is 18.6 Å². The van der Waals surface area contributed by atoms with Crippen molar-refractivity contribution in [3.05, 3.63) is 28.8 Å². The van der Waals surface area contributed by atoms with Crippen molar-refractivity contribution in [1.82, 2.24) is 0 Å². The molecule has 0 unspecified atom stereocenters. The van der Waals surface area contributed by atoms with Crippen molar-refractivity contribution in [2.24, 2.45) is 5.73 Å². The molecular formula is C11H15F2NO2. The van der Waals surface area contributed by atoms with Crippen LogP contribution in [0.4, 0.5) is 8.78 Å². The molecule has 90 valence electrons. The minimum absolute atomic E-state index is 0.0123. The maximum atomic E-state index is 13.3. The zero-order valence-electron chi connectivity index (χ0n) is 9.17. The van der Waals surface area contributed by atoms with Crippen LogP contribution in [0.15, 0.2) is 12.1 Å². The van der Waals surface area contributed by atoms with Crippen molar-refractivity contribution < 1.29 is 19.0 Å². The molecule has 0 amide bonds. The number of aromatic hydroxyl groups is 1. The van der Waals surface area contributed by atoms with E-state index in [0.717, 1.165) is 0 Å². The average Bonchev–Trinajstić information content (AvgIpc) is 2.15. The van der Waals surface area contributed by atoms with Crippen LogP contribution in [0.5, 0.6) is 5.75 Å². The lowest BCUT2D eigenvalue weighted by molar-refractivity contribution is -0.0714. The molecule has 1 aromatic carbocycles. The fourth-order valence-corrected chi connectivity index (χ4v) is 1.75. The van der Waals surface area contributed by atoms with Gasteiger partial charge in [-0.1, -0.05) is 0 Å². The zero-order valence-corrected chi connectivity index (χ0v) is 9.17. The highest BCUT2D eigenvalue weighted by Crippen LogP contribution is 2.34. The van der Waals surface area contributed by atoms with Crippen molar-refractivity contribution in [2.45, 2.75) is 25.8 Å². The predicted octanol–water partition coefficient (Wildman–Crippen LogP) is 1.64. The van der Waals surface area contributed by atoms with Gasteiger partial charge in [0.25, 0.3) is 5.92 Å². The summed E-state index contributed by atoms with van der Waals surface area (Å²) in [6.45, 7) is 1.89. The van der Waals surface area contributed by atoms with Crippen molar-refractivity contribution in [1.29, 1.82) is 0 Å². The van der Waals surface area contributed by atoms with Gasteiger partial charge in [-0.05, 0) is 42.7 Å². The zero-order chi connectivity index (χ0) is 12.5. The Morgan fingerprint density at radius 3 is 2.12 bits per heavy atom. The fraction of sp³-hybridized carbons (Fsp3) is 0.455. The van der Waals surface area contributed by atoms with Gasteiger partial charge in [-0.15, -0.1) is 0 Å². The molecule has 16 heavy (non-hydrogen) atoms. The number of aliphatic hydroxyl groups is 1. The van der Waals surface area contributed by atoms with E-state index in [4.69, 9.17) is 10.8 Å². The van der Waals surface area contributed by atoms with Crippen LogP contribution < -0.4 is 5.73 Å². The number of hydrogen-bond donors (Lipinski definition) is 3. The van der Waals surface area contributed by atoms with Crippen LogP contribution in [0, 0.1) is 13.8 Å². The van der Waals surface area contributed by atoms with Crippen LogP contribution in [-0.4, -0.2) is 22.7 Å². The first-order chi connectivity index (χ1) is 7.29. The Labute approximate surface area is 92.5 Å². The summed E-state index contributed by atoms with van der Waals surface area (Å²) in [7, 11) is 0. The largest absolute Gasteiger partial charge is 0.508 e. The van der Waals surface area contributed by atoms with Gasteiger partial charge in [-0.25, -0.2) is 8.78 Å². The lowest BCUT2D eigenvalue weighted by atomic mass is 9.92. The van der Waals surface area contributed by atoms with Gasteiger partial charge in [0, 0.05) is 0 Å². The topological polar surface area (TPSA) is 66.5 Å². The second-order valence-corrected chi connectivity index (χ2v) is 3.89. The summed E-state index contributed by atoms with van der Waals surface area (Å²) in [6, 6.07) is 1.17. The van der Waals surface area contributed by atoms with E-state index in [1.54, 1.807) is 13.8 Å². The van der Waals surface area contributed by atoms with E-state index >= 15 is 0 Å². The molecule has 0 aliphatic heterocycles. The molecule has 0 aliphatic rings. The molecule has 0 saturated heterocycles. The molecule has 0 radical (unpaired) electrons. The Kier molecular flexibility index (Phi) is 3.50. The Morgan fingerprint density at radius 2 is 1.75 bits per heavy atom. The van der Waals surface area contributed by atoms with Crippen LogP contribution in [0.2, 0.25) is 0 Å². The Bertz CT molecular complexity index is 371. The molecule has 0 spiro atoms. The molecule has 1 aromatic rings. The third-order valence-electron chi connectivity index (χ3n) is 2.56. The lowest BCUT2D eigenvalue weighted by Gasteiger charge is -2.24. The smallest absolute Gasteiger partial charge is 0.289 e. The standard InChI is InChI=1S/C11H15F2NO2/c1-6-3-8(16)4-7(2)9(6)10(14)11(12,13)5-15/h3-4,10,15-16H,5,14H2,1-2H3/t10-/m0/s1. The Balaban J connectivity index is 3.24. The number of hydrogen-bond acceptors (Lipinski definition) is 3. The highest BCUT2D eigenvalue weighted by molar-refractivity contribution is 5.42. The van der Waals surface area contributed by atoms with E-state index in [-0.39, 0.29) is 11.3 Å². The molecule has 3 nitrogen and oxygen atoms in total. The number of nitrogens with two attached hydrogens (primary N) is 1. The van der Waals surface area contributed by atoms with E-state index in [1.165, 1.54) is 12.1 Å². The molecule has 1 atom stereocenters. The molecule has 4 N–H and O–H groups in total. The lowest BCUT2D eigenvalue weighted by Crippen LogP contribution is -2.37. The maximum absolute atomic E-state index is 13.3. The molecule has 0 bridgehead atoms. The summed E-state index contributed by atoms with van der Waals surface area (Å²) in [4.78, 5) is 0. The van der Waals surface area contributed by atoms with E-state index in [9.17, 15) is 13.9 Å². The van der Waals surface area contributed by atoms with E-state index in [2.05, 4.69) is 0 Å². The highest BCUT2D eigenvalue weighted by atomic mass is 19.3. The highest BCUT2D eigenvalue weighted by Gasteiger charge is 2.38.